The number of aromatic nitrogens is 2. The SMILES string of the molecule is CCNC(CCCC1CCCO1)c1cnn(C)c1C. The van der Waals surface area contributed by atoms with Gasteiger partial charge in [0.1, 0.15) is 0 Å². The van der Waals surface area contributed by atoms with Gasteiger partial charge in [0.25, 0.3) is 0 Å². The summed E-state index contributed by atoms with van der Waals surface area (Å²) >= 11 is 0. The molecule has 2 unspecified atom stereocenters. The molecule has 0 saturated carbocycles. The highest BCUT2D eigenvalue weighted by Crippen LogP contribution is 2.24. The van der Waals surface area contributed by atoms with Crippen LogP contribution in [-0.4, -0.2) is 29.0 Å². The van der Waals surface area contributed by atoms with Gasteiger partial charge in [0.05, 0.1) is 12.3 Å². The van der Waals surface area contributed by atoms with Gasteiger partial charge >= 0.3 is 0 Å². The molecule has 1 N–H and O–H groups in total. The van der Waals surface area contributed by atoms with Crippen LogP contribution in [0.3, 0.4) is 0 Å². The molecule has 1 aliphatic rings. The van der Waals surface area contributed by atoms with Gasteiger partial charge in [0, 0.05) is 31.0 Å². The quantitative estimate of drug-likeness (QED) is 0.824. The number of aryl methyl sites for hydroxylation is 1. The van der Waals surface area contributed by atoms with Crippen LogP contribution in [0.15, 0.2) is 6.20 Å². The summed E-state index contributed by atoms with van der Waals surface area (Å²) in [5.41, 5.74) is 2.61. The third-order valence-electron chi connectivity index (χ3n) is 4.14. The molecule has 2 heterocycles. The maximum Gasteiger partial charge on any atom is 0.0576 e. The van der Waals surface area contributed by atoms with E-state index in [2.05, 4.69) is 24.3 Å². The number of nitrogens with one attached hydrogen (secondary N) is 1. The minimum atomic E-state index is 0.431. The van der Waals surface area contributed by atoms with Crippen LogP contribution in [0.25, 0.3) is 0 Å². The molecule has 0 aliphatic carbocycles. The summed E-state index contributed by atoms with van der Waals surface area (Å²) in [6.45, 7) is 6.27. The number of nitrogens with zero attached hydrogens (tertiary/aromatic N) is 2. The van der Waals surface area contributed by atoms with Gasteiger partial charge in [0.15, 0.2) is 0 Å². The number of hydrogen-bond donors (Lipinski definition) is 1. The Kier molecular flexibility index (Phi) is 5.40. The summed E-state index contributed by atoms with van der Waals surface area (Å²) < 4.78 is 7.65. The molecule has 0 spiro atoms. The highest BCUT2D eigenvalue weighted by molar-refractivity contribution is 5.20. The predicted molar refractivity (Wildman–Crippen MR) is 77.2 cm³/mol. The lowest BCUT2D eigenvalue weighted by Crippen LogP contribution is -2.22. The molecule has 4 heteroatoms. The first kappa shape index (κ1) is 14.5. The first-order valence-corrected chi connectivity index (χ1v) is 7.55. The molecule has 4 nitrogen and oxygen atoms in total. The summed E-state index contributed by atoms with van der Waals surface area (Å²) in [6, 6.07) is 0.431. The van der Waals surface area contributed by atoms with Crippen molar-refractivity contribution in [1.82, 2.24) is 15.1 Å². The maximum atomic E-state index is 5.69. The van der Waals surface area contributed by atoms with Crippen LogP contribution >= 0.6 is 0 Å². The molecule has 19 heavy (non-hydrogen) atoms. The lowest BCUT2D eigenvalue weighted by atomic mass is 9.99. The van der Waals surface area contributed by atoms with Crippen LogP contribution in [0.5, 0.6) is 0 Å². The van der Waals surface area contributed by atoms with Crippen LogP contribution in [0.4, 0.5) is 0 Å². The third kappa shape index (κ3) is 3.80. The van der Waals surface area contributed by atoms with Crippen molar-refractivity contribution in [3.8, 4) is 0 Å². The molecule has 0 radical (unpaired) electrons. The molecular formula is C15H27N3O. The third-order valence-corrected chi connectivity index (χ3v) is 4.14. The Labute approximate surface area is 116 Å². The Bertz CT molecular complexity index is 383. The van der Waals surface area contributed by atoms with E-state index in [-0.39, 0.29) is 0 Å². The normalized spacial score (nSPS) is 20.9. The first-order valence-electron chi connectivity index (χ1n) is 7.55. The summed E-state index contributed by atoms with van der Waals surface area (Å²) in [4.78, 5) is 0. The van der Waals surface area contributed by atoms with Gasteiger partial charge < -0.3 is 10.1 Å². The zero-order chi connectivity index (χ0) is 13.7. The molecular weight excluding hydrogens is 238 g/mol. The molecule has 1 aliphatic heterocycles. The van der Waals surface area contributed by atoms with E-state index in [1.807, 2.05) is 17.9 Å². The highest BCUT2D eigenvalue weighted by atomic mass is 16.5. The van der Waals surface area contributed by atoms with Crippen molar-refractivity contribution in [2.24, 2.45) is 7.05 Å². The molecule has 1 aromatic heterocycles. The van der Waals surface area contributed by atoms with E-state index < -0.39 is 0 Å². The molecule has 0 aromatic carbocycles. The standard InChI is InChI=1S/C15H27N3O/c1-4-16-15(14-11-17-18(3)12(14)2)9-5-7-13-8-6-10-19-13/h11,13,15-16H,4-10H2,1-3H3. The molecule has 2 rings (SSSR count). The van der Waals surface area contributed by atoms with E-state index in [4.69, 9.17) is 4.74 Å². The Morgan fingerprint density at radius 1 is 1.58 bits per heavy atom. The van der Waals surface area contributed by atoms with Gasteiger partial charge in [-0.1, -0.05) is 6.92 Å². The van der Waals surface area contributed by atoms with Crippen molar-refractivity contribution < 1.29 is 4.74 Å². The van der Waals surface area contributed by atoms with Crippen molar-refractivity contribution in [3.05, 3.63) is 17.5 Å². The number of rotatable bonds is 7. The predicted octanol–water partition coefficient (Wildman–Crippen LogP) is 2.73. The topological polar surface area (TPSA) is 39.1 Å². The fourth-order valence-corrected chi connectivity index (χ4v) is 2.89. The van der Waals surface area contributed by atoms with Crippen molar-refractivity contribution in [3.63, 3.8) is 0 Å². The molecule has 0 bridgehead atoms. The average Bonchev–Trinajstić information content (AvgIpc) is 3.01. The maximum absolute atomic E-state index is 5.69. The molecule has 2 atom stereocenters. The van der Waals surface area contributed by atoms with Gasteiger partial charge in [-0.15, -0.1) is 0 Å². The fraction of sp³-hybridized carbons (Fsp3) is 0.800. The van der Waals surface area contributed by atoms with Gasteiger partial charge in [-0.2, -0.15) is 5.10 Å². The van der Waals surface area contributed by atoms with E-state index in [1.54, 1.807) is 0 Å². The van der Waals surface area contributed by atoms with E-state index in [0.717, 1.165) is 13.2 Å². The number of ether oxygens (including phenoxy) is 1. The minimum Gasteiger partial charge on any atom is -0.378 e. The summed E-state index contributed by atoms with van der Waals surface area (Å²) in [5.74, 6) is 0. The minimum absolute atomic E-state index is 0.431. The summed E-state index contributed by atoms with van der Waals surface area (Å²) in [7, 11) is 2.01. The van der Waals surface area contributed by atoms with E-state index in [1.165, 1.54) is 43.4 Å². The van der Waals surface area contributed by atoms with Crippen molar-refractivity contribution in [2.75, 3.05) is 13.2 Å². The van der Waals surface area contributed by atoms with Crippen LogP contribution in [0.2, 0.25) is 0 Å². The van der Waals surface area contributed by atoms with Gasteiger partial charge in [0.2, 0.25) is 0 Å². The summed E-state index contributed by atoms with van der Waals surface area (Å²) in [5, 5.41) is 7.94. The second-order valence-electron chi connectivity index (χ2n) is 5.49. The van der Waals surface area contributed by atoms with Crippen molar-refractivity contribution >= 4 is 0 Å². The molecule has 1 fully saturated rings. The zero-order valence-electron chi connectivity index (χ0n) is 12.5. The van der Waals surface area contributed by atoms with Crippen LogP contribution in [-0.2, 0) is 11.8 Å². The molecule has 0 amide bonds. The molecule has 1 aromatic rings. The van der Waals surface area contributed by atoms with Gasteiger partial charge in [-0.25, -0.2) is 0 Å². The second kappa shape index (κ2) is 7.06. The molecule has 108 valence electrons. The largest absolute Gasteiger partial charge is 0.378 e. The van der Waals surface area contributed by atoms with Crippen molar-refractivity contribution in [2.45, 2.75) is 58.1 Å². The summed E-state index contributed by atoms with van der Waals surface area (Å²) in [6.07, 6.45) is 8.59. The second-order valence-corrected chi connectivity index (χ2v) is 5.49. The highest BCUT2D eigenvalue weighted by Gasteiger charge is 2.18. The smallest absolute Gasteiger partial charge is 0.0576 e. The van der Waals surface area contributed by atoms with Crippen LogP contribution < -0.4 is 5.32 Å². The van der Waals surface area contributed by atoms with Gasteiger partial charge in [-0.3, -0.25) is 4.68 Å². The lowest BCUT2D eigenvalue weighted by Gasteiger charge is -2.18. The zero-order valence-corrected chi connectivity index (χ0v) is 12.5. The average molecular weight is 265 g/mol. The number of hydrogen-bond acceptors (Lipinski definition) is 3. The van der Waals surface area contributed by atoms with E-state index in [9.17, 15) is 0 Å². The Morgan fingerprint density at radius 3 is 3.00 bits per heavy atom. The van der Waals surface area contributed by atoms with E-state index in [0.29, 0.717) is 12.1 Å². The first-order chi connectivity index (χ1) is 9.22. The van der Waals surface area contributed by atoms with Crippen LogP contribution in [0.1, 0.15) is 56.3 Å². The lowest BCUT2D eigenvalue weighted by molar-refractivity contribution is 0.101. The molecule has 1 saturated heterocycles. The Morgan fingerprint density at radius 2 is 2.42 bits per heavy atom. The fourth-order valence-electron chi connectivity index (χ4n) is 2.89. The van der Waals surface area contributed by atoms with Gasteiger partial charge in [-0.05, 0) is 45.6 Å². The monoisotopic (exact) mass is 265 g/mol. The van der Waals surface area contributed by atoms with Crippen molar-refractivity contribution in [1.29, 1.82) is 0 Å². The van der Waals surface area contributed by atoms with E-state index >= 15 is 0 Å². The Hall–Kier alpha value is -0.870. The Balaban J connectivity index is 1.86. The van der Waals surface area contributed by atoms with Crippen LogP contribution in [0, 0.1) is 6.92 Å².